The number of anilines is 2. The minimum Gasteiger partial charge on any atom is -0.449 e. The quantitative estimate of drug-likeness (QED) is 0.265. The van der Waals surface area contributed by atoms with Crippen molar-refractivity contribution in [1.82, 2.24) is 15.0 Å². The second-order valence-electron chi connectivity index (χ2n) is 10.5. The molecule has 220 valence electrons. The van der Waals surface area contributed by atoms with Crippen LogP contribution in [0.3, 0.4) is 0 Å². The molecule has 3 heterocycles. The number of sulfonamides is 1. The molecule has 0 aliphatic carbocycles. The van der Waals surface area contributed by atoms with E-state index >= 15 is 0 Å². The van der Waals surface area contributed by atoms with Crippen LogP contribution < -0.4 is 10.0 Å². The van der Waals surface area contributed by atoms with E-state index in [1.54, 1.807) is 13.8 Å². The largest absolute Gasteiger partial charge is 0.449 e. The summed E-state index contributed by atoms with van der Waals surface area (Å²) < 4.78 is 38.4. The Kier molecular flexibility index (Phi) is 8.28. The standard InChI is InChI=1S/C30H33N5O6S/c1-5-26(29(36)31-20-10-12-21(13-11-20)42(38,39)34-27-16-19(4)41-33-27)40-30(37)28-22-8-6-7-9-24(22)32-25-14-15-35(18(2)3)17-23(25)28/h6-13,16,18,26H,5,14-15,17H2,1-4H3,(H,31,36)(H,33,34). The van der Waals surface area contributed by atoms with Crippen LogP contribution in [0.15, 0.2) is 64.0 Å². The van der Waals surface area contributed by atoms with Crippen molar-refractivity contribution in [1.29, 1.82) is 0 Å². The van der Waals surface area contributed by atoms with Gasteiger partial charge < -0.3 is 14.6 Å². The van der Waals surface area contributed by atoms with Gasteiger partial charge in [-0.3, -0.25) is 19.4 Å². The molecule has 0 spiro atoms. The second-order valence-corrected chi connectivity index (χ2v) is 12.2. The molecular weight excluding hydrogens is 558 g/mol. The van der Waals surface area contributed by atoms with Gasteiger partial charge in [-0.15, -0.1) is 0 Å². The molecule has 42 heavy (non-hydrogen) atoms. The van der Waals surface area contributed by atoms with Crippen LogP contribution in [0.4, 0.5) is 11.5 Å². The Morgan fingerprint density at radius 1 is 1.12 bits per heavy atom. The summed E-state index contributed by atoms with van der Waals surface area (Å²) in [5.74, 6) is -0.564. The number of fused-ring (bicyclic) bond motifs is 2. The van der Waals surface area contributed by atoms with Crippen LogP contribution >= 0.6 is 0 Å². The summed E-state index contributed by atoms with van der Waals surface area (Å²) in [6.45, 7) is 9.05. The monoisotopic (exact) mass is 591 g/mol. The van der Waals surface area contributed by atoms with Crippen LogP contribution in [0.2, 0.25) is 0 Å². The highest BCUT2D eigenvalue weighted by atomic mass is 32.2. The summed E-state index contributed by atoms with van der Waals surface area (Å²) in [5.41, 5.74) is 3.21. The third-order valence-electron chi connectivity index (χ3n) is 7.22. The van der Waals surface area contributed by atoms with E-state index in [1.807, 2.05) is 24.3 Å². The molecule has 0 bridgehead atoms. The number of pyridine rings is 1. The van der Waals surface area contributed by atoms with Gasteiger partial charge in [0.15, 0.2) is 11.9 Å². The number of ether oxygens (including phenoxy) is 1. The molecule has 0 fully saturated rings. The fourth-order valence-electron chi connectivity index (χ4n) is 4.95. The predicted octanol–water partition coefficient (Wildman–Crippen LogP) is 4.67. The van der Waals surface area contributed by atoms with Crippen LogP contribution in [0.1, 0.15) is 54.6 Å². The molecule has 2 aromatic carbocycles. The zero-order chi connectivity index (χ0) is 30.0. The number of benzene rings is 2. The fourth-order valence-corrected chi connectivity index (χ4v) is 5.93. The first-order chi connectivity index (χ1) is 20.1. The smallest absolute Gasteiger partial charge is 0.340 e. The number of nitrogens with zero attached hydrogens (tertiary/aromatic N) is 3. The number of hydrogen-bond acceptors (Lipinski definition) is 9. The lowest BCUT2D eigenvalue weighted by atomic mass is 9.95. The van der Waals surface area contributed by atoms with Crippen molar-refractivity contribution < 1.29 is 27.3 Å². The van der Waals surface area contributed by atoms with Gasteiger partial charge in [-0.25, -0.2) is 13.2 Å². The van der Waals surface area contributed by atoms with Crippen molar-refractivity contribution in [2.24, 2.45) is 0 Å². The zero-order valence-electron chi connectivity index (χ0n) is 23.9. The summed E-state index contributed by atoms with van der Waals surface area (Å²) >= 11 is 0. The molecule has 0 saturated carbocycles. The van der Waals surface area contributed by atoms with E-state index < -0.39 is 28.0 Å². The first-order valence-corrected chi connectivity index (χ1v) is 15.3. The van der Waals surface area contributed by atoms with Gasteiger partial charge in [0.1, 0.15) is 5.76 Å². The average Bonchev–Trinajstić information content (AvgIpc) is 3.37. The predicted molar refractivity (Wildman–Crippen MR) is 158 cm³/mol. The molecule has 0 saturated heterocycles. The minimum absolute atomic E-state index is 0.0237. The number of aryl methyl sites for hydroxylation is 1. The van der Waals surface area contributed by atoms with Gasteiger partial charge >= 0.3 is 5.97 Å². The maximum absolute atomic E-state index is 13.7. The number of esters is 1. The summed E-state index contributed by atoms with van der Waals surface area (Å²) in [4.78, 5) is 34.0. The third-order valence-corrected chi connectivity index (χ3v) is 8.59. The van der Waals surface area contributed by atoms with Crippen LogP contribution in [0.5, 0.6) is 0 Å². The van der Waals surface area contributed by atoms with Crippen LogP contribution in [-0.2, 0) is 32.5 Å². The highest BCUT2D eigenvalue weighted by Gasteiger charge is 2.30. The molecule has 2 aromatic heterocycles. The zero-order valence-corrected chi connectivity index (χ0v) is 24.7. The lowest BCUT2D eigenvalue weighted by Crippen LogP contribution is -2.38. The summed E-state index contributed by atoms with van der Waals surface area (Å²) in [6, 6.07) is 14.8. The van der Waals surface area contributed by atoms with E-state index in [-0.39, 0.29) is 17.1 Å². The van der Waals surface area contributed by atoms with Crippen molar-refractivity contribution in [3.63, 3.8) is 0 Å². The Balaban J connectivity index is 1.33. The molecule has 11 nitrogen and oxygen atoms in total. The average molecular weight is 592 g/mol. The van der Waals surface area contributed by atoms with E-state index in [0.29, 0.717) is 40.5 Å². The number of amides is 1. The molecule has 12 heteroatoms. The molecular formula is C30H33N5O6S. The number of carbonyl (C=O) groups is 2. The van der Waals surface area contributed by atoms with Gasteiger partial charge in [-0.1, -0.05) is 30.3 Å². The molecule has 0 radical (unpaired) electrons. The molecule has 2 N–H and O–H groups in total. The topological polar surface area (TPSA) is 144 Å². The van der Waals surface area contributed by atoms with Crippen molar-refractivity contribution in [3.8, 4) is 0 Å². The van der Waals surface area contributed by atoms with Gasteiger partial charge in [0.25, 0.3) is 15.9 Å². The maximum Gasteiger partial charge on any atom is 0.340 e. The van der Waals surface area contributed by atoms with E-state index in [1.165, 1.54) is 30.3 Å². The Hall–Kier alpha value is -4.29. The number of rotatable bonds is 9. The molecule has 4 aromatic rings. The van der Waals surface area contributed by atoms with Crippen LogP contribution in [-0.4, -0.2) is 54.0 Å². The lowest BCUT2D eigenvalue weighted by molar-refractivity contribution is -0.124. The number of hydrogen-bond donors (Lipinski definition) is 2. The Morgan fingerprint density at radius 2 is 1.86 bits per heavy atom. The Bertz CT molecular complexity index is 1730. The fraction of sp³-hybridized carbons (Fsp3) is 0.333. The molecule has 1 aliphatic rings. The van der Waals surface area contributed by atoms with E-state index in [9.17, 15) is 18.0 Å². The summed E-state index contributed by atoms with van der Waals surface area (Å²) in [5, 5.41) is 7.05. The van der Waals surface area contributed by atoms with E-state index in [4.69, 9.17) is 14.2 Å². The van der Waals surface area contributed by atoms with Crippen LogP contribution in [0.25, 0.3) is 10.9 Å². The normalized spacial score (nSPS) is 14.4. The molecule has 1 aliphatic heterocycles. The number of aromatic nitrogens is 2. The molecule has 1 amide bonds. The Labute approximate surface area is 244 Å². The lowest BCUT2D eigenvalue weighted by Gasteiger charge is -2.32. The van der Waals surface area contributed by atoms with Crippen LogP contribution in [0, 0.1) is 6.92 Å². The van der Waals surface area contributed by atoms with Gasteiger partial charge in [0.05, 0.1) is 16.0 Å². The molecule has 5 rings (SSSR count). The van der Waals surface area contributed by atoms with Crippen molar-refractivity contribution in [2.75, 3.05) is 16.6 Å². The second kappa shape index (κ2) is 11.9. The molecule has 1 atom stereocenters. The van der Waals surface area contributed by atoms with Crippen molar-refractivity contribution in [2.45, 2.75) is 64.1 Å². The van der Waals surface area contributed by atoms with Gasteiger partial charge in [0.2, 0.25) is 0 Å². The van der Waals surface area contributed by atoms with E-state index in [2.05, 4.69) is 33.9 Å². The summed E-state index contributed by atoms with van der Waals surface area (Å²) in [7, 11) is -3.91. The molecule has 1 unspecified atom stereocenters. The van der Waals surface area contributed by atoms with E-state index in [0.717, 1.165) is 24.2 Å². The van der Waals surface area contributed by atoms with Crippen molar-refractivity contribution >= 4 is 44.3 Å². The van der Waals surface area contributed by atoms with Gasteiger partial charge in [0, 0.05) is 53.9 Å². The van der Waals surface area contributed by atoms with Gasteiger partial charge in [-0.2, -0.15) is 0 Å². The first-order valence-electron chi connectivity index (χ1n) is 13.8. The Morgan fingerprint density at radius 3 is 2.52 bits per heavy atom. The highest BCUT2D eigenvalue weighted by Crippen LogP contribution is 2.30. The minimum atomic E-state index is -3.91. The first kappa shape index (κ1) is 29.2. The number of carbonyl (C=O) groups excluding carboxylic acids is 2. The SMILES string of the molecule is CCC(OC(=O)c1c2c(nc3ccccc13)CCN(C(C)C)C2)C(=O)Nc1ccc(S(=O)(=O)Nc2cc(C)on2)cc1. The maximum atomic E-state index is 13.7. The highest BCUT2D eigenvalue weighted by molar-refractivity contribution is 7.92. The third kappa shape index (κ3) is 6.14. The number of nitrogens with one attached hydrogen (secondary N) is 2. The number of para-hydroxylation sites is 1. The van der Waals surface area contributed by atoms with Crippen molar-refractivity contribution in [3.05, 3.63) is 77.2 Å². The summed E-state index contributed by atoms with van der Waals surface area (Å²) in [6.07, 6.45) is -0.102. The van der Waals surface area contributed by atoms with Gasteiger partial charge in [-0.05, 0) is 57.5 Å².